The Labute approximate surface area is 140 Å². The van der Waals surface area contributed by atoms with Gasteiger partial charge in [-0.25, -0.2) is 4.39 Å². The molecule has 0 saturated heterocycles. The first-order valence-corrected chi connectivity index (χ1v) is 9.18. The SMILES string of the molecule is CCC(CC)(Pc1ccc(C)cc1F)c1cc(C)cc(C)c1O. The van der Waals surface area contributed by atoms with Crippen LogP contribution in [-0.4, -0.2) is 5.11 Å². The highest BCUT2D eigenvalue weighted by molar-refractivity contribution is 7.48. The molecule has 0 fully saturated rings. The zero-order valence-corrected chi connectivity index (χ0v) is 15.6. The van der Waals surface area contributed by atoms with Crippen molar-refractivity contribution >= 4 is 13.9 Å². The van der Waals surface area contributed by atoms with E-state index in [1.807, 2.05) is 39.0 Å². The lowest BCUT2D eigenvalue weighted by molar-refractivity contribution is 0.444. The van der Waals surface area contributed by atoms with E-state index in [0.717, 1.165) is 40.4 Å². The van der Waals surface area contributed by atoms with Crippen molar-refractivity contribution in [3.8, 4) is 5.75 Å². The third kappa shape index (κ3) is 3.58. The van der Waals surface area contributed by atoms with Gasteiger partial charge < -0.3 is 5.11 Å². The summed E-state index contributed by atoms with van der Waals surface area (Å²) in [5.41, 5.74) is 3.92. The smallest absolute Gasteiger partial charge is 0.130 e. The molecule has 0 aliphatic carbocycles. The van der Waals surface area contributed by atoms with Gasteiger partial charge in [-0.15, -0.1) is 0 Å². The van der Waals surface area contributed by atoms with Crippen LogP contribution in [0.5, 0.6) is 5.75 Å². The fraction of sp³-hybridized carbons (Fsp3) is 0.400. The number of phenolic OH excluding ortho intramolecular Hbond substituents is 1. The van der Waals surface area contributed by atoms with Crippen molar-refractivity contribution in [1.29, 1.82) is 0 Å². The number of aryl methyl sites for hydroxylation is 3. The summed E-state index contributed by atoms with van der Waals surface area (Å²) in [4.78, 5) is 0. The Morgan fingerprint density at radius 3 is 2.22 bits per heavy atom. The van der Waals surface area contributed by atoms with Crippen molar-refractivity contribution in [2.45, 2.75) is 52.6 Å². The monoisotopic (exact) mass is 332 g/mol. The third-order valence-corrected chi connectivity index (χ3v) is 6.80. The first kappa shape index (κ1) is 17.9. The number of hydrogen-bond acceptors (Lipinski definition) is 1. The number of benzene rings is 2. The van der Waals surface area contributed by atoms with E-state index < -0.39 is 0 Å². The highest BCUT2D eigenvalue weighted by atomic mass is 31.1. The molecule has 0 bridgehead atoms. The van der Waals surface area contributed by atoms with Crippen molar-refractivity contribution in [3.63, 3.8) is 0 Å². The van der Waals surface area contributed by atoms with Gasteiger partial charge in [-0.2, -0.15) is 0 Å². The zero-order chi connectivity index (χ0) is 17.2. The highest BCUT2D eigenvalue weighted by Gasteiger charge is 2.33. The normalized spacial score (nSPS) is 12.3. The average Bonchev–Trinajstić information content (AvgIpc) is 2.51. The summed E-state index contributed by atoms with van der Waals surface area (Å²) in [7, 11) is 0.293. The molecular weight excluding hydrogens is 306 g/mol. The molecule has 23 heavy (non-hydrogen) atoms. The van der Waals surface area contributed by atoms with E-state index in [4.69, 9.17) is 0 Å². The largest absolute Gasteiger partial charge is 0.507 e. The first-order chi connectivity index (χ1) is 10.8. The molecule has 3 heteroatoms. The maximum absolute atomic E-state index is 14.4. The number of halogens is 1. The standard InChI is InChI=1S/C20H26FOP/c1-6-20(7-2,16-11-14(4)10-15(5)19(16)22)23-18-9-8-13(3)12-17(18)21/h8-12,22-23H,6-7H2,1-5H3. The van der Waals surface area contributed by atoms with E-state index in [1.54, 1.807) is 6.07 Å². The summed E-state index contributed by atoms with van der Waals surface area (Å²) < 4.78 is 14.4. The van der Waals surface area contributed by atoms with Gasteiger partial charge in [0.05, 0.1) is 0 Å². The van der Waals surface area contributed by atoms with Crippen molar-refractivity contribution in [2.75, 3.05) is 0 Å². The van der Waals surface area contributed by atoms with Gasteiger partial charge in [-0.05, 0) is 50.8 Å². The van der Waals surface area contributed by atoms with Crippen molar-refractivity contribution < 1.29 is 9.50 Å². The van der Waals surface area contributed by atoms with E-state index in [2.05, 4.69) is 19.9 Å². The second-order valence-electron chi connectivity index (χ2n) is 6.38. The summed E-state index contributed by atoms with van der Waals surface area (Å²) >= 11 is 0. The van der Waals surface area contributed by atoms with Crippen molar-refractivity contribution in [1.82, 2.24) is 0 Å². The van der Waals surface area contributed by atoms with E-state index in [0.29, 0.717) is 14.3 Å². The Balaban J connectivity index is 2.56. The summed E-state index contributed by atoms with van der Waals surface area (Å²) in [5.74, 6) is 0.220. The molecule has 0 radical (unpaired) electrons. The lowest BCUT2D eigenvalue weighted by Crippen LogP contribution is -2.23. The number of phenols is 1. The molecule has 2 aromatic carbocycles. The Hall–Kier alpha value is -1.40. The van der Waals surface area contributed by atoms with Gasteiger partial charge in [-0.3, -0.25) is 0 Å². The molecule has 1 N–H and O–H groups in total. The fourth-order valence-corrected chi connectivity index (χ4v) is 4.73. The molecule has 0 heterocycles. The van der Waals surface area contributed by atoms with Gasteiger partial charge in [0.25, 0.3) is 0 Å². The molecule has 1 nitrogen and oxygen atoms in total. The lowest BCUT2D eigenvalue weighted by atomic mass is 9.89. The van der Waals surface area contributed by atoms with Gasteiger partial charge >= 0.3 is 0 Å². The van der Waals surface area contributed by atoms with Crippen LogP contribution >= 0.6 is 8.58 Å². The van der Waals surface area contributed by atoms with Crippen LogP contribution in [0.3, 0.4) is 0 Å². The predicted molar refractivity (Wildman–Crippen MR) is 98.9 cm³/mol. The van der Waals surface area contributed by atoms with Gasteiger partial charge in [0.2, 0.25) is 0 Å². The van der Waals surface area contributed by atoms with Crippen LogP contribution in [-0.2, 0) is 5.16 Å². The van der Waals surface area contributed by atoms with Crippen molar-refractivity contribution in [3.05, 3.63) is 58.4 Å². The Morgan fingerprint density at radius 1 is 1.00 bits per heavy atom. The molecule has 0 spiro atoms. The van der Waals surface area contributed by atoms with E-state index in [1.165, 1.54) is 0 Å². The minimum absolute atomic E-state index is 0.140. The summed E-state index contributed by atoms with van der Waals surface area (Å²) in [6, 6.07) is 9.50. The average molecular weight is 332 g/mol. The summed E-state index contributed by atoms with van der Waals surface area (Å²) in [5, 5.41) is 11.1. The quantitative estimate of drug-likeness (QED) is 0.719. The molecule has 1 atom stereocenters. The molecule has 2 rings (SSSR count). The maximum atomic E-state index is 14.4. The second-order valence-corrected chi connectivity index (χ2v) is 8.12. The van der Waals surface area contributed by atoms with Crippen LogP contribution in [0.25, 0.3) is 0 Å². The minimum atomic E-state index is -0.225. The topological polar surface area (TPSA) is 20.2 Å². The lowest BCUT2D eigenvalue weighted by Gasteiger charge is -2.34. The molecule has 0 aliphatic heterocycles. The Kier molecular flexibility index (Phi) is 5.47. The first-order valence-electron chi connectivity index (χ1n) is 8.18. The van der Waals surface area contributed by atoms with Crippen LogP contribution < -0.4 is 5.30 Å². The van der Waals surface area contributed by atoms with Crippen LogP contribution in [0, 0.1) is 26.6 Å². The number of hydrogen-bond donors (Lipinski definition) is 1. The minimum Gasteiger partial charge on any atom is -0.507 e. The summed E-state index contributed by atoms with van der Waals surface area (Å²) in [6.07, 6.45) is 1.73. The fourth-order valence-electron chi connectivity index (χ4n) is 3.18. The van der Waals surface area contributed by atoms with Crippen LogP contribution in [0.1, 0.15) is 48.9 Å². The predicted octanol–water partition coefficient (Wildman–Crippen LogP) is 5.48. The van der Waals surface area contributed by atoms with Crippen LogP contribution in [0.15, 0.2) is 30.3 Å². The molecule has 2 aromatic rings. The van der Waals surface area contributed by atoms with Gasteiger partial charge in [0.15, 0.2) is 0 Å². The summed E-state index contributed by atoms with van der Waals surface area (Å²) in [6.45, 7) is 10.1. The molecule has 0 aromatic heterocycles. The second kappa shape index (κ2) is 7.01. The van der Waals surface area contributed by atoms with Gasteiger partial charge in [-0.1, -0.05) is 52.3 Å². The van der Waals surface area contributed by atoms with Crippen LogP contribution in [0.4, 0.5) is 4.39 Å². The highest BCUT2D eigenvalue weighted by Crippen LogP contribution is 2.50. The third-order valence-electron chi connectivity index (χ3n) is 4.67. The number of rotatable bonds is 5. The molecule has 0 amide bonds. The maximum Gasteiger partial charge on any atom is 0.130 e. The molecule has 0 saturated carbocycles. The van der Waals surface area contributed by atoms with Gasteiger partial charge in [0, 0.05) is 16.0 Å². The molecular formula is C20H26FOP. The molecule has 1 unspecified atom stereocenters. The zero-order valence-electron chi connectivity index (χ0n) is 14.6. The Bertz CT molecular complexity index is 705. The van der Waals surface area contributed by atoms with Gasteiger partial charge in [0.1, 0.15) is 11.6 Å². The number of aromatic hydroxyl groups is 1. The molecule has 0 aliphatic rings. The van der Waals surface area contributed by atoms with E-state index >= 15 is 0 Å². The van der Waals surface area contributed by atoms with Crippen LogP contribution in [0.2, 0.25) is 0 Å². The van der Waals surface area contributed by atoms with Crippen molar-refractivity contribution in [2.24, 2.45) is 0 Å². The van der Waals surface area contributed by atoms with E-state index in [9.17, 15) is 9.50 Å². The molecule has 124 valence electrons. The Morgan fingerprint density at radius 2 is 1.65 bits per heavy atom. The van der Waals surface area contributed by atoms with E-state index in [-0.39, 0.29) is 11.0 Å².